The molecule has 1 aromatic carbocycles. The van der Waals surface area contributed by atoms with Crippen LogP contribution in [0.3, 0.4) is 0 Å². The quantitative estimate of drug-likeness (QED) is 0.665. The third kappa shape index (κ3) is 4.65. The number of carbonyl (C=O) groups excluding carboxylic acids is 2. The van der Waals surface area contributed by atoms with E-state index >= 15 is 0 Å². The zero-order valence-corrected chi connectivity index (χ0v) is 17.8. The number of aromatic nitrogens is 2. The number of carbonyl (C=O) groups is 2. The van der Waals surface area contributed by atoms with Crippen LogP contribution in [0.2, 0.25) is 0 Å². The summed E-state index contributed by atoms with van der Waals surface area (Å²) in [5, 5.41) is 13.8. The van der Waals surface area contributed by atoms with Crippen molar-refractivity contribution in [1.29, 1.82) is 0 Å². The fourth-order valence-electron chi connectivity index (χ4n) is 4.59. The third-order valence-electron chi connectivity index (χ3n) is 6.71. The molecule has 10 heteroatoms. The Morgan fingerprint density at radius 3 is 2.36 bits per heavy atom. The summed E-state index contributed by atoms with van der Waals surface area (Å²) in [6.45, 7) is 1.89. The highest BCUT2D eigenvalue weighted by molar-refractivity contribution is 5.96. The summed E-state index contributed by atoms with van der Waals surface area (Å²) in [5.41, 5.74) is -1.02. The third-order valence-corrected chi connectivity index (χ3v) is 6.71. The van der Waals surface area contributed by atoms with Crippen LogP contribution in [-0.2, 0) is 6.18 Å². The minimum Gasteiger partial charge on any atom is -0.354 e. The minimum atomic E-state index is -4.58. The van der Waals surface area contributed by atoms with Gasteiger partial charge in [-0.05, 0) is 36.6 Å². The molecule has 2 unspecified atom stereocenters. The van der Waals surface area contributed by atoms with Gasteiger partial charge in [-0.3, -0.25) is 9.59 Å². The van der Waals surface area contributed by atoms with Gasteiger partial charge in [0.05, 0.1) is 11.1 Å². The first-order valence-corrected chi connectivity index (χ1v) is 11.1. The molecule has 174 valence electrons. The zero-order chi connectivity index (χ0) is 23.2. The van der Waals surface area contributed by atoms with Crippen LogP contribution >= 0.6 is 0 Å². The van der Waals surface area contributed by atoms with E-state index in [4.69, 9.17) is 0 Å². The van der Waals surface area contributed by atoms with Crippen LogP contribution in [0.15, 0.2) is 36.4 Å². The van der Waals surface area contributed by atoms with E-state index in [-0.39, 0.29) is 35.0 Å². The smallest absolute Gasteiger partial charge is 0.354 e. The van der Waals surface area contributed by atoms with Crippen LogP contribution < -0.4 is 15.5 Å². The average molecular weight is 459 g/mol. The number of fused-ring (bicyclic) bond motifs is 1. The Labute approximate surface area is 188 Å². The van der Waals surface area contributed by atoms with Gasteiger partial charge in [0.15, 0.2) is 11.5 Å². The molecule has 1 aliphatic heterocycles. The van der Waals surface area contributed by atoms with Gasteiger partial charge in [-0.25, -0.2) is 0 Å². The van der Waals surface area contributed by atoms with Crippen LogP contribution in [0.5, 0.6) is 0 Å². The molecule has 2 atom stereocenters. The highest BCUT2D eigenvalue weighted by Crippen LogP contribution is 2.46. The molecule has 7 nitrogen and oxygen atoms in total. The number of anilines is 1. The molecule has 0 bridgehead atoms. The number of nitrogens with one attached hydrogen (secondary N) is 2. The van der Waals surface area contributed by atoms with Gasteiger partial charge in [0.1, 0.15) is 0 Å². The van der Waals surface area contributed by atoms with Crippen molar-refractivity contribution < 1.29 is 22.8 Å². The lowest BCUT2D eigenvalue weighted by atomic mass is 10.1. The lowest BCUT2D eigenvalue weighted by molar-refractivity contribution is -0.137. The number of benzene rings is 1. The van der Waals surface area contributed by atoms with Crippen molar-refractivity contribution in [2.24, 2.45) is 17.8 Å². The van der Waals surface area contributed by atoms with E-state index in [1.54, 1.807) is 12.1 Å². The van der Waals surface area contributed by atoms with Gasteiger partial charge in [0.2, 0.25) is 0 Å². The van der Waals surface area contributed by atoms with Crippen LogP contribution in [0.1, 0.15) is 45.7 Å². The Morgan fingerprint density at radius 2 is 1.73 bits per heavy atom. The fraction of sp³-hybridized carbons (Fsp3) is 0.478. The lowest BCUT2D eigenvalue weighted by Gasteiger charge is -2.21. The molecule has 5 rings (SSSR count). The molecule has 2 amide bonds. The van der Waals surface area contributed by atoms with E-state index in [2.05, 4.69) is 20.8 Å². The molecule has 2 saturated carbocycles. The first-order valence-electron chi connectivity index (χ1n) is 11.1. The molecule has 1 aromatic heterocycles. The van der Waals surface area contributed by atoms with Gasteiger partial charge >= 0.3 is 6.18 Å². The number of hydrogen-bond acceptors (Lipinski definition) is 5. The second-order valence-electron chi connectivity index (χ2n) is 9.04. The number of alkyl halides is 3. The number of piperidine rings is 1. The average Bonchev–Trinajstić information content (AvgIpc) is 3.69. The first kappa shape index (κ1) is 21.7. The summed E-state index contributed by atoms with van der Waals surface area (Å²) in [6.07, 6.45) is -1.10. The molecule has 2 aliphatic carbocycles. The Kier molecular flexibility index (Phi) is 5.46. The monoisotopic (exact) mass is 459 g/mol. The highest BCUT2D eigenvalue weighted by Gasteiger charge is 2.57. The molecular formula is C23H24F3N5O2. The predicted molar refractivity (Wildman–Crippen MR) is 114 cm³/mol. The number of halogens is 3. The van der Waals surface area contributed by atoms with Gasteiger partial charge in [-0.2, -0.15) is 13.2 Å². The van der Waals surface area contributed by atoms with E-state index in [9.17, 15) is 22.8 Å². The Bertz CT molecular complexity index is 1040. The van der Waals surface area contributed by atoms with Crippen LogP contribution in [0.25, 0.3) is 0 Å². The summed E-state index contributed by atoms with van der Waals surface area (Å²) in [4.78, 5) is 26.6. The fourth-order valence-corrected chi connectivity index (χ4v) is 4.59. The standard InChI is InChI=1S/C23H24F3N5O2/c24-23(25,26)17-4-2-1-3-14(17)21(32)28-20-15-11-31(12-16(15)20)19-8-7-18(29-30-19)22(33)27-10-9-13-5-6-13/h1-4,7-8,13,15-16,20H,5-6,9-12H2,(H,27,33)(H,28,32). The second kappa shape index (κ2) is 8.31. The Morgan fingerprint density at radius 1 is 1.00 bits per heavy atom. The highest BCUT2D eigenvalue weighted by atomic mass is 19.4. The number of hydrogen-bond donors (Lipinski definition) is 2. The van der Waals surface area contributed by atoms with Crippen LogP contribution in [0, 0.1) is 17.8 Å². The van der Waals surface area contributed by atoms with Crippen molar-refractivity contribution in [1.82, 2.24) is 20.8 Å². The zero-order valence-electron chi connectivity index (χ0n) is 17.8. The number of amides is 2. The largest absolute Gasteiger partial charge is 0.417 e. The van der Waals surface area contributed by atoms with Gasteiger partial charge in [0, 0.05) is 37.5 Å². The van der Waals surface area contributed by atoms with Crippen LogP contribution in [0.4, 0.5) is 19.0 Å². The number of rotatable bonds is 7. The van der Waals surface area contributed by atoms with E-state index in [1.165, 1.54) is 31.0 Å². The summed E-state index contributed by atoms with van der Waals surface area (Å²) in [7, 11) is 0. The first-order chi connectivity index (χ1) is 15.8. The molecule has 3 aliphatic rings. The van der Waals surface area contributed by atoms with Crippen molar-refractivity contribution in [3.63, 3.8) is 0 Å². The Hall–Kier alpha value is -3.17. The van der Waals surface area contributed by atoms with E-state index in [0.29, 0.717) is 25.5 Å². The van der Waals surface area contributed by atoms with Gasteiger partial charge in [-0.1, -0.05) is 25.0 Å². The van der Waals surface area contributed by atoms with Crippen LogP contribution in [-0.4, -0.2) is 47.7 Å². The molecule has 2 aromatic rings. The molecule has 0 spiro atoms. The van der Waals surface area contributed by atoms with E-state index < -0.39 is 17.6 Å². The molecular weight excluding hydrogens is 435 g/mol. The molecule has 1 saturated heterocycles. The van der Waals surface area contributed by atoms with Crippen molar-refractivity contribution >= 4 is 17.6 Å². The molecule has 0 radical (unpaired) electrons. The molecule has 2 N–H and O–H groups in total. The maximum Gasteiger partial charge on any atom is 0.417 e. The summed E-state index contributed by atoms with van der Waals surface area (Å²) in [5.74, 6) is 0.752. The maximum absolute atomic E-state index is 13.2. The summed E-state index contributed by atoms with van der Waals surface area (Å²) >= 11 is 0. The number of nitrogens with zero attached hydrogens (tertiary/aromatic N) is 3. The van der Waals surface area contributed by atoms with E-state index in [0.717, 1.165) is 18.4 Å². The summed E-state index contributed by atoms with van der Waals surface area (Å²) < 4.78 is 39.5. The van der Waals surface area contributed by atoms with Gasteiger partial charge < -0.3 is 15.5 Å². The van der Waals surface area contributed by atoms with Gasteiger partial charge in [-0.15, -0.1) is 10.2 Å². The van der Waals surface area contributed by atoms with Crippen molar-refractivity contribution in [3.05, 3.63) is 53.2 Å². The molecule has 33 heavy (non-hydrogen) atoms. The predicted octanol–water partition coefficient (Wildman–Crippen LogP) is 2.89. The summed E-state index contributed by atoms with van der Waals surface area (Å²) in [6, 6.07) is 8.05. The second-order valence-corrected chi connectivity index (χ2v) is 9.04. The molecule has 3 fully saturated rings. The SMILES string of the molecule is O=C(NCCC1CC1)c1ccc(N2CC3C(C2)C3NC(=O)c2ccccc2C(F)(F)F)nn1. The Balaban J connectivity index is 1.13. The van der Waals surface area contributed by atoms with Crippen molar-refractivity contribution in [2.45, 2.75) is 31.5 Å². The minimum absolute atomic E-state index is 0.152. The van der Waals surface area contributed by atoms with Crippen molar-refractivity contribution in [2.75, 3.05) is 24.5 Å². The van der Waals surface area contributed by atoms with Gasteiger partial charge in [0.25, 0.3) is 11.8 Å². The van der Waals surface area contributed by atoms with E-state index in [1.807, 2.05) is 4.90 Å². The topological polar surface area (TPSA) is 87.2 Å². The molecule has 2 heterocycles. The lowest BCUT2D eigenvalue weighted by Crippen LogP contribution is -2.35. The maximum atomic E-state index is 13.2. The van der Waals surface area contributed by atoms with Crippen molar-refractivity contribution in [3.8, 4) is 0 Å². The normalized spacial score (nSPS) is 23.7.